The van der Waals surface area contributed by atoms with Crippen molar-refractivity contribution in [2.24, 2.45) is 5.73 Å². The van der Waals surface area contributed by atoms with Crippen molar-refractivity contribution in [1.29, 1.82) is 0 Å². The summed E-state index contributed by atoms with van der Waals surface area (Å²) in [5.74, 6) is -0.825. The number of carbonyl (C=O) groups is 2. The van der Waals surface area contributed by atoms with E-state index in [1.165, 1.54) is 276 Å². The standard InChI is InChI=1S/C72H138NO8P/c1-3-5-7-9-11-13-15-17-19-21-23-25-26-27-28-29-30-31-32-33-34-35-36-37-38-39-40-41-42-43-45-46-48-50-52-54-56-58-60-62-64-71(74)78-68-70(69-80-82(76,77)79-67-66-73)81-72(75)65-63-61-59-57-55-53-51-49-47-44-24-22-20-18-16-14-12-10-8-6-4-2/h16,18,22,24,47,49,70H,3-15,17,19-21,23,25-46,48,50-69,73H2,1-2H3,(H,76,77)/b18-16-,24-22-,49-47-. The lowest BCUT2D eigenvalue weighted by molar-refractivity contribution is -0.161. The normalized spacial score (nSPS) is 13.1. The van der Waals surface area contributed by atoms with Gasteiger partial charge in [-0.05, 0) is 51.4 Å². The van der Waals surface area contributed by atoms with Gasteiger partial charge in [-0.15, -0.1) is 0 Å². The van der Waals surface area contributed by atoms with Gasteiger partial charge in [0.2, 0.25) is 0 Å². The second kappa shape index (κ2) is 68.3. The first kappa shape index (κ1) is 80.2. The van der Waals surface area contributed by atoms with E-state index in [0.717, 1.165) is 70.6 Å². The molecule has 10 heteroatoms. The van der Waals surface area contributed by atoms with Crippen LogP contribution in [0.25, 0.3) is 0 Å². The van der Waals surface area contributed by atoms with Gasteiger partial charge in [-0.25, -0.2) is 4.57 Å². The molecule has 0 spiro atoms. The summed E-state index contributed by atoms with van der Waals surface area (Å²) in [4.78, 5) is 35.3. The molecule has 0 aliphatic rings. The van der Waals surface area contributed by atoms with Gasteiger partial charge < -0.3 is 20.1 Å². The summed E-state index contributed by atoms with van der Waals surface area (Å²) in [5, 5.41) is 0. The molecule has 2 unspecified atom stereocenters. The van der Waals surface area contributed by atoms with Crippen molar-refractivity contribution < 1.29 is 37.6 Å². The van der Waals surface area contributed by atoms with Crippen molar-refractivity contribution in [3.8, 4) is 0 Å². The van der Waals surface area contributed by atoms with E-state index >= 15 is 0 Å². The SMILES string of the molecule is CCCCCCC/C=C\C/C=C\C/C=C\CCCCCCCCC(=O)OC(COC(=O)CCCCCCCCCCCCCCCCCCCCCCCCCCCCCCCCCCCCCCCCCC)COP(=O)(O)OCCN. The van der Waals surface area contributed by atoms with E-state index in [4.69, 9.17) is 24.3 Å². The van der Waals surface area contributed by atoms with Gasteiger partial charge in [0.1, 0.15) is 6.61 Å². The fourth-order valence-electron chi connectivity index (χ4n) is 10.9. The van der Waals surface area contributed by atoms with E-state index in [9.17, 15) is 19.0 Å². The van der Waals surface area contributed by atoms with E-state index in [1.807, 2.05) is 0 Å². The van der Waals surface area contributed by atoms with Gasteiger partial charge in [-0.3, -0.25) is 18.6 Å². The molecule has 0 amide bonds. The summed E-state index contributed by atoms with van der Waals surface area (Å²) in [5.41, 5.74) is 5.40. The number of esters is 2. The van der Waals surface area contributed by atoms with Crippen LogP contribution in [0, 0.1) is 0 Å². The minimum Gasteiger partial charge on any atom is -0.462 e. The van der Waals surface area contributed by atoms with Crippen LogP contribution in [-0.2, 0) is 32.7 Å². The Hall–Kier alpha value is -1.77. The summed E-state index contributed by atoms with van der Waals surface area (Å²) in [7, 11) is -4.39. The van der Waals surface area contributed by atoms with Crippen molar-refractivity contribution in [3.05, 3.63) is 36.5 Å². The smallest absolute Gasteiger partial charge is 0.462 e. The average molecular weight is 1180 g/mol. The van der Waals surface area contributed by atoms with Crippen LogP contribution in [0.1, 0.15) is 380 Å². The maximum atomic E-state index is 12.7. The minimum atomic E-state index is -4.39. The van der Waals surface area contributed by atoms with Crippen molar-refractivity contribution in [3.63, 3.8) is 0 Å². The molecule has 0 aliphatic carbocycles. The number of carbonyl (C=O) groups excluding carboxylic acids is 2. The lowest BCUT2D eigenvalue weighted by atomic mass is 10.0. The van der Waals surface area contributed by atoms with Crippen LogP contribution in [0.2, 0.25) is 0 Å². The van der Waals surface area contributed by atoms with Gasteiger partial charge in [0.25, 0.3) is 0 Å². The van der Waals surface area contributed by atoms with E-state index in [0.29, 0.717) is 6.42 Å². The lowest BCUT2D eigenvalue weighted by Gasteiger charge is -2.19. The number of unbranched alkanes of at least 4 members (excludes halogenated alkanes) is 50. The highest BCUT2D eigenvalue weighted by molar-refractivity contribution is 7.47. The Bertz CT molecular complexity index is 1440. The van der Waals surface area contributed by atoms with Gasteiger partial charge >= 0.3 is 19.8 Å². The van der Waals surface area contributed by atoms with Crippen molar-refractivity contribution in [1.82, 2.24) is 0 Å². The third kappa shape index (κ3) is 67.4. The average Bonchev–Trinajstić information content (AvgIpc) is 3.48. The zero-order valence-corrected chi connectivity index (χ0v) is 55.4. The molecule has 0 fully saturated rings. The largest absolute Gasteiger partial charge is 0.472 e. The molecule has 0 aromatic heterocycles. The topological polar surface area (TPSA) is 134 Å². The molecule has 2 atom stereocenters. The first-order valence-corrected chi connectivity index (χ1v) is 37.5. The summed E-state index contributed by atoms with van der Waals surface area (Å²) < 4.78 is 33.1. The minimum absolute atomic E-state index is 0.0520. The monoisotopic (exact) mass is 1180 g/mol. The molecule has 0 rings (SSSR count). The highest BCUT2D eigenvalue weighted by Gasteiger charge is 2.26. The Labute approximate surface area is 509 Å². The molecule has 0 heterocycles. The zero-order chi connectivity index (χ0) is 59.4. The van der Waals surface area contributed by atoms with Crippen LogP contribution in [0.4, 0.5) is 0 Å². The van der Waals surface area contributed by atoms with Gasteiger partial charge in [0.05, 0.1) is 13.2 Å². The fourth-order valence-corrected chi connectivity index (χ4v) is 11.7. The quantitative estimate of drug-likeness (QED) is 0.0264. The second-order valence-corrected chi connectivity index (χ2v) is 25.9. The molecule has 0 aliphatic heterocycles. The molecule has 82 heavy (non-hydrogen) atoms. The van der Waals surface area contributed by atoms with Crippen LogP contribution in [0.15, 0.2) is 36.5 Å². The summed E-state index contributed by atoms with van der Waals surface area (Å²) in [6.45, 7) is 3.78. The fraction of sp³-hybridized carbons (Fsp3) is 0.889. The molecule has 0 bridgehead atoms. The number of hydrogen-bond acceptors (Lipinski definition) is 8. The van der Waals surface area contributed by atoms with E-state index in [2.05, 4.69) is 50.3 Å². The summed E-state index contributed by atoms with van der Waals surface area (Å²) >= 11 is 0. The molecule has 0 saturated carbocycles. The van der Waals surface area contributed by atoms with Gasteiger partial charge in [-0.1, -0.05) is 352 Å². The third-order valence-electron chi connectivity index (χ3n) is 16.3. The van der Waals surface area contributed by atoms with Crippen molar-refractivity contribution in [2.75, 3.05) is 26.4 Å². The Balaban J connectivity index is 3.74. The highest BCUT2D eigenvalue weighted by Crippen LogP contribution is 2.43. The highest BCUT2D eigenvalue weighted by atomic mass is 31.2. The molecule has 0 radical (unpaired) electrons. The second-order valence-electron chi connectivity index (χ2n) is 24.5. The first-order chi connectivity index (χ1) is 40.3. The molecular weight excluding hydrogens is 1040 g/mol. The third-order valence-corrected chi connectivity index (χ3v) is 17.3. The lowest BCUT2D eigenvalue weighted by Crippen LogP contribution is -2.29. The number of hydrogen-bond donors (Lipinski definition) is 2. The summed E-state index contributed by atoms with van der Waals surface area (Å²) in [6, 6.07) is 0. The summed E-state index contributed by atoms with van der Waals surface area (Å²) in [6.07, 6.45) is 85.6. The van der Waals surface area contributed by atoms with Gasteiger partial charge in [-0.2, -0.15) is 0 Å². The van der Waals surface area contributed by atoms with Crippen molar-refractivity contribution in [2.45, 2.75) is 386 Å². The number of ether oxygens (including phenoxy) is 2. The number of allylic oxidation sites excluding steroid dienone is 6. The van der Waals surface area contributed by atoms with E-state index < -0.39 is 26.5 Å². The van der Waals surface area contributed by atoms with Gasteiger partial charge in [0.15, 0.2) is 6.10 Å². The maximum absolute atomic E-state index is 12.7. The zero-order valence-electron chi connectivity index (χ0n) is 54.5. The van der Waals surface area contributed by atoms with Crippen LogP contribution in [0.5, 0.6) is 0 Å². The first-order valence-electron chi connectivity index (χ1n) is 36.0. The molecule has 0 saturated heterocycles. The van der Waals surface area contributed by atoms with Crippen LogP contribution < -0.4 is 5.73 Å². The Morgan fingerprint density at radius 3 is 0.939 bits per heavy atom. The predicted octanol–water partition coefficient (Wildman–Crippen LogP) is 23.5. The van der Waals surface area contributed by atoms with Gasteiger partial charge in [0, 0.05) is 19.4 Å². The van der Waals surface area contributed by atoms with E-state index in [-0.39, 0.29) is 38.6 Å². The van der Waals surface area contributed by atoms with Crippen molar-refractivity contribution >= 4 is 19.8 Å². The number of phosphoric ester groups is 1. The predicted molar refractivity (Wildman–Crippen MR) is 354 cm³/mol. The van der Waals surface area contributed by atoms with Crippen LogP contribution in [0.3, 0.4) is 0 Å². The molecule has 0 aromatic rings. The Morgan fingerprint density at radius 2 is 0.634 bits per heavy atom. The maximum Gasteiger partial charge on any atom is 0.472 e. The van der Waals surface area contributed by atoms with E-state index in [1.54, 1.807) is 0 Å². The molecule has 9 nitrogen and oxygen atoms in total. The Kier molecular flexibility index (Phi) is 66.9. The number of phosphoric acid groups is 1. The van der Waals surface area contributed by atoms with Crippen LogP contribution in [-0.4, -0.2) is 49.3 Å². The molecular formula is C72H138NO8P. The molecule has 0 aromatic carbocycles. The number of nitrogens with two attached hydrogens (primary N) is 1. The molecule has 3 N–H and O–H groups in total. The molecule has 484 valence electrons. The number of rotatable bonds is 69. The Morgan fingerprint density at radius 1 is 0.366 bits per heavy atom. The van der Waals surface area contributed by atoms with Crippen LogP contribution >= 0.6 is 7.82 Å².